The van der Waals surface area contributed by atoms with E-state index in [0.29, 0.717) is 10.8 Å². The Balaban J connectivity index is 1.82. The molecule has 0 bridgehead atoms. The van der Waals surface area contributed by atoms with Gasteiger partial charge in [0.1, 0.15) is 5.69 Å². The summed E-state index contributed by atoms with van der Waals surface area (Å²) in [7, 11) is 0. The van der Waals surface area contributed by atoms with Gasteiger partial charge in [-0.25, -0.2) is 4.98 Å². The Labute approximate surface area is 159 Å². The zero-order valence-corrected chi connectivity index (χ0v) is 15.5. The topological polar surface area (TPSA) is 110 Å². The molecular weight excluding hydrogens is 366 g/mol. The van der Waals surface area contributed by atoms with Crippen LogP contribution in [0.5, 0.6) is 0 Å². The molecule has 0 aliphatic carbocycles. The van der Waals surface area contributed by atoms with Crippen LogP contribution in [-0.2, 0) is 0 Å². The van der Waals surface area contributed by atoms with Crippen LogP contribution in [0.25, 0.3) is 0 Å². The number of amides is 1. The first kappa shape index (κ1) is 18.5. The highest BCUT2D eigenvalue weighted by Crippen LogP contribution is 2.29. The molecule has 3 aromatic rings. The third kappa shape index (κ3) is 4.45. The monoisotopic (exact) mass is 383 g/mol. The van der Waals surface area contributed by atoms with Gasteiger partial charge >= 0.3 is 0 Å². The van der Waals surface area contributed by atoms with E-state index in [2.05, 4.69) is 20.6 Å². The number of carbonyl (C=O) groups excluding carboxylic acids is 1. The molecule has 0 saturated carbocycles. The van der Waals surface area contributed by atoms with Gasteiger partial charge in [0.25, 0.3) is 11.6 Å². The fourth-order valence-corrected chi connectivity index (χ4v) is 3.15. The van der Waals surface area contributed by atoms with Gasteiger partial charge in [-0.1, -0.05) is 6.07 Å². The molecule has 3 rings (SSSR count). The van der Waals surface area contributed by atoms with E-state index >= 15 is 0 Å². The molecule has 1 unspecified atom stereocenters. The quantitative estimate of drug-likeness (QED) is 0.488. The van der Waals surface area contributed by atoms with E-state index in [1.54, 1.807) is 12.3 Å². The molecule has 2 heterocycles. The van der Waals surface area contributed by atoms with Crippen LogP contribution in [0.2, 0.25) is 0 Å². The number of carbonyl (C=O) groups is 1. The van der Waals surface area contributed by atoms with Gasteiger partial charge in [0.05, 0.1) is 22.4 Å². The third-order valence-electron chi connectivity index (χ3n) is 3.80. The number of aryl methyl sites for hydroxylation is 1. The number of nitrogens with zero attached hydrogens (tertiary/aromatic N) is 3. The highest BCUT2D eigenvalue weighted by Gasteiger charge is 2.20. The molecule has 0 fully saturated rings. The first-order chi connectivity index (χ1) is 12.9. The normalized spacial score (nSPS) is 11.6. The number of hydrogen-bond donors (Lipinski definition) is 2. The Bertz CT molecular complexity index is 974. The second kappa shape index (κ2) is 7.92. The maximum Gasteiger partial charge on any atom is 0.293 e. The van der Waals surface area contributed by atoms with Crippen molar-refractivity contribution in [3.63, 3.8) is 0 Å². The van der Waals surface area contributed by atoms with Gasteiger partial charge in [-0.3, -0.25) is 25.2 Å². The highest BCUT2D eigenvalue weighted by atomic mass is 32.1. The molecule has 0 aliphatic heterocycles. The van der Waals surface area contributed by atoms with Gasteiger partial charge in [0, 0.05) is 23.2 Å². The number of nitrogens with one attached hydrogen (secondary N) is 2. The lowest BCUT2D eigenvalue weighted by molar-refractivity contribution is -0.384. The lowest BCUT2D eigenvalue weighted by Gasteiger charge is -2.15. The van der Waals surface area contributed by atoms with Crippen molar-refractivity contribution in [1.29, 1.82) is 0 Å². The fraction of sp³-hybridized carbons (Fsp3) is 0.167. The Morgan fingerprint density at radius 2 is 2.11 bits per heavy atom. The Kier molecular flexibility index (Phi) is 5.41. The predicted octanol–water partition coefficient (Wildman–Crippen LogP) is 4.18. The third-order valence-corrected chi connectivity index (χ3v) is 4.68. The number of pyridine rings is 1. The summed E-state index contributed by atoms with van der Waals surface area (Å²) < 4.78 is 0. The number of benzene rings is 1. The van der Waals surface area contributed by atoms with Crippen molar-refractivity contribution in [1.82, 2.24) is 9.97 Å². The average Bonchev–Trinajstić information content (AvgIpc) is 3.07. The van der Waals surface area contributed by atoms with Gasteiger partial charge in [0.15, 0.2) is 5.13 Å². The van der Waals surface area contributed by atoms with E-state index in [0.717, 1.165) is 11.4 Å². The largest absolute Gasteiger partial charge is 0.371 e. The summed E-state index contributed by atoms with van der Waals surface area (Å²) in [5, 5.41) is 19.5. The van der Waals surface area contributed by atoms with Crippen molar-refractivity contribution in [3.8, 4) is 0 Å². The second-order valence-corrected chi connectivity index (χ2v) is 6.72. The zero-order chi connectivity index (χ0) is 19.4. The van der Waals surface area contributed by atoms with Crippen LogP contribution in [0, 0.1) is 17.0 Å². The Hall–Kier alpha value is -3.33. The first-order valence-electron chi connectivity index (χ1n) is 8.13. The van der Waals surface area contributed by atoms with Crippen LogP contribution >= 0.6 is 11.3 Å². The van der Waals surface area contributed by atoms with Crippen LogP contribution in [-0.4, -0.2) is 20.8 Å². The van der Waals surface area contributed by atoms with Crippen molar-refractivity contribution in [2.45, 2.75) is 19.9 Å². The number of anilines is 2. The summed E-state index contributed by atoms with van der Waals surface area (Å²) in [5.41, 5.74) is 1.88. The van der Waals surface area contributed by atoms with Gasteiger partial charge < -0.3 is 5.32 Å². The van der Waals surface area contributed by atoms with E-state index in [1.807, 2.05) is 31.4 Å². The van der Waals surface area contributed by atoms with Crippen LogP contribution in [0.3, 0.4) is 0 Å². The van der Waals surface area contributed by atoms with E-state index in [9.17, 15) is 14.9 Å². The maximum absolute atomic E-state index is 12.4. The summed E-state index contributed by atoms with van der Waals surface area (Å²) >= 11 is 1.30. The van der Waals surface area contributed by atoms with E-state index in [4.69, 9.17) is 0 Å². The number of thiazole rings is 1. The first-order valence-corrected chi connectivity index (χ1v) is 9.01. The van der Waals surface area contributed by atoms with Crippen LogP contribution < -0.4 is 10.6 Å². The van der Waals surface area contributed by atoms with Gasteiger partial charge in [-0.05, 0) is 38.1 Å². The molecular formula is C18H17N5O3S. The Morgan fingerprint density at radius 1 is 1.30 bits per heavy atom. The number of aromatic nitrogens is 2. The molecule has 9 heteroatoms. The molecule has 2 aromatic heterocycles. The van der Waals surface area contributed by atoms with E-state index < -0.39 is 10.8 Å². The predicted molar refractivity (Wildman–Crippen MR) is 104 cm³/mol. The lowest BCUT2D eigenvalue weighted by Crippen LogP contribution is -2.13. The average molecular weight is 383 g/mol. The summed E-state index contributed by atoms with van der Waals surface area (Å²) in [6.45, 7) is 3.68. The zero-order valence-electron chi connectivity index (χ0n) is 14.7. The molecule has 0 aliphatic rings. The molecule has 1 amide bonds. The second-order valence-electron chi connectivity index (χ2n) is 5.86. The standard InChI is InChI=1S/C18H17N5O3S/c1-11-10-27-18(20-11)22-17(24)13-6-7-15(16(9-13)23(25)26)21-12(2)14-5-3-4-8-19-14/h3-10,12,21H,1-2H3,(H,20,22,24). The molecule has 1 aromatic carbocycles. The van der Waals surface area contributed by atoms with Crippen molar-refractivity contribution in [2.75, 3.05) is 10.6 Å². The summed E-state index contributed by atoms with van der Waals surface area (Å²) in [6, 6.07) is 9.57. The Morgan fingerprint density at radius 3 is 2.74 bits per heavy atom. The SMILES string of the molecule is Cc1csc(NC(=O)c2ccc(NC(C)c3ccccn3)c([N+](=O)[O-])c2)n1. The number of hydrogen-bond acceptors (Lipinski definition) is 7. The molecule has 8 nitrogen and oxygen atoms in total. The van der Waals surface area contributed by atoms with Crippen molar-refractivity contribution in [3.05, 3.63) is 75.0 Å². The number of rotatable bonds is 6. The van der Waals surface area contributed by atoms with Crippen molar-refractivity contribution < 1.29 is 9.72 Å². The van der Waals surface area contributed by atoms with Gasteiger partial charge in [-0.15, -0.1) is 11.3 Å². The molecule has 0 saturated heterocycles. The van der Waals surface area contributed by atoms with E-state index in [1.165, 1.54) is 29.5 Å². The fourth-order valence-electron chi connectivity index (χ4n) is 2.47. The summed E-state index contributed by atoms with van der Waals surface area (Å²) in [5.74, 6) is -0.447. The maximum atomic E-state index is 12.4. The summed E-state index contributed by atoms with van der Waals surface area (Å²) in [4.78, 5) is 31.7. The minimum atomic E-state index is -0.516. The molecule has 0 spiro atoms. The highest BCUT2D eigenvalue weighted by molar-refractivity contribution is 7.13. The number of nitro benzene ring substituents is 1. The van der Waals surface area contributed by atoms with Crippen molar-refractivity contribution in [2.24, 2.45) is 0 Å². The van der Waals surface area contributed by atoms with Crippen LogP contribution in [0.15, 0.2) is 48.0 Å². The smallest absolute Gasteiger partial charge is 0.293 e. The number of nitro groups is 1. The molecule has 2 N–H and O–H groups in total. The van der Waals surface area contributed by atoms with Crippen molar-refractivity contribution >= 4 is 33.8 Å². The molecule has 0 radical (unpaired) electrons. The van der Waals surface area contributed by atoms with E-state index in [-0.39, 0.29) is 17.3 Å². The molecule has 27 heavy (non-hydrogen) atoms. The lowest BCUT2D eigenvalue weighted by atomic mass is 10.1. The molecule has 1 atom stereocenters. The molecule has 138 valence electrons. The van der Waals surface area contributed by atoms with Crippen LogP contribution in [0.4, 0.5) is 16.5 Å². The van der Waals surface area contributed by atoms with Gasteiger partial charge in [0.2, 0.25) is 0 Å². The van der Waals surface area contributed by atoms with Gasteiger partial charge in [-0.2, -0.15) is 0 Å². The minimum absolute atomic E-state index is 0.180. The summed E-state index contributed by atoms with van der Waals surface area (Å²) in [6.07, 6.45) is 1.66. The van der Waals surface area contributed by atoms with Crippen LogP contribution in [0.1, 0.15) is 34.7 Å². The minimum Gasteiger partial charge on any atom is -0.371 e.